The molecule has 28 heavy (non-hydrogen) atoms. The van der Waals surface area contributed by atoms with Crippen molar-refractivity contribution >= 4 is 23.4 Å². The van der Waals surface area contributed by atoms with Crippen LogP contribution in [0.3, 0.4) is 0 Å². The molecule has 146 valence electrons. The van der Waals surface area contributed by atoms with Gasteiger partial charge in [-0.25, -0.2) is 4.90 Å². The van der Waals surface area contributed by atoms with Crippen molar-refractivity contribution in [2.75, 3.05) is 25.6 Å². The Bertz CT molecular complexity index is 908. The number of alkyl halides is 3. The number of rotatable bonds is 5. The van der Waals surface area contributed by atoms with E-state index in [2.05, 4.69) is 5.32 Å². The Morgan fingerprint density at radius 2 is 1.54 bits per heavy atom. The van der Waals surface area contributed by atoms with Gasteiger partial charge in [0.25, 0.3) is 17.7 Å². The Balaban J connectivity index is 1.64. The van der Waals surface area contributed by atoms with Crippen molar-refractivity contribution in [3.05, 3.63) is 65.2 Å². The van der Waals surface area contributed by atoms with Gasteiger partial charge in [0.05, 0.1) is 29.4 Å². The monoisotopic (exact) mass is 392 g/mol. The predicted molar refractivity (Wildman–Crippen MR) is 93.6 cm³/mol. The first-order valence-electron chi connectivity index (χ1n) is 8.41. The summed E-state index contributed by atoms with van der Waals surface area (Å²) in [5, 5.41) is 2.24. The number of carbonyl (C=O) groups is 3. The number of likely N-dealkylation sites (N-methyl/N-ethyl adjacent to an activating group) is 1. The van der Waals surface area contributed by atoms with Crippen LogP contribution in [0.1, 0.15) is 26.3 Å². The highest BCUT2D eigenvalue weighted by atomic mass is 19.4. The van der Waals surface area contributed by atoms with Gasteiger partial charge in [0.2, 0.25) is 0 Å². The van der Waals surface area contributed by atoms with Crippen molar-refractivity contribution in [1.82, 2.24) is 4.90 Å². The van der Waals surface area contributed by atoms with Crippen molar-refractivity contribution in [1.29, 1.82) is 0 Å². The average molecular weight is 392 g/mol. The molecule has 0 spiro atoms. The molecule has 1 atom stereocenters. The SMILES string of the molecule is C[NH+](CC(=O)Nc1ccccc1C(F)(F)F)CN1C(=O)c2ccccc2C1=O. The van der Waals surface area contributed by atoms with Gasteiger partial charge < -0.3 is 10.2 Å². The lowest BCUT2D eigenvalue weighted by Gasteiger charge is -2.20. The summed E-state index contributed by atoms with van der Waals surface area (Å²) in [6.45, 7) is -0.305. The lowest BCUT2D eigenvalue weighted by atomic mass is 10.1. The smallest absolute Gasteiger partial charge is 0.321 e. The van der Waals surface area contributed by atoms with Crippen LogP contribution in [-0.2, 0) is 11.0 Å². The van der Waals surface area contributed by atoms with Crippen molar-refractivity contribution in [3.8, 4) is 0 Å². The zero-order chi connectivity index (χ0) is 20.5. The van der Waals surface area contributed by atoms with Gasteiger partial charge in [0, 0.05) is 0 Å². The maximum Gasteiger partial charge on any atom is 0.418 e. The zero-order valence-corrected chi connectivity index (χ0v) is 14.8. The number of hydrogen-bond acceptors (Lipinski definition) is 3. The van der Waals surface area contributed by atoms with Gasteiger partial charge in [-0.15, -0.1) is 0 Å². The van der Waals surface area contributed by atoms with Crippen LogP contribution < -0.4 is 10.2 Å². The van der Waals surface area contributed by atoms with E-state index in [1.54, 1.807) is 31.3 Å². The van der Waals surface area contributed by atoms with Gasteiger partial charge in [-0.05, 0) is 24.3 Å². The lowest BCUT2D eigenvalue weighted by molar-refractivity contribution is -0.878. The van der Waals surface area contributed by atoms with E-state index in [-0.39, 0.29) is 18.9 Å². The van der Waals surface area contributed by atoms with E-state index in [4.69, 9.17) is 0 Å². The fourth-order valence-corrected chi connectivity index (χ4v) is 3.02. The molecule has 1 heterocycles. The molecule has 2 aromatic carbocycles. The third kappa shape index (κ3) is 3.89. The fraction of sp³-hybridized carbons (Fsp3) is 0.211. The Hall–Kier alpha value is -3.20. The fourth-order valence-electron chi connectivity index (χ4n) is 3.02. The van der Waals surface area contributed by atoms with Crippen LogP contribution in [0.15, 0.2) is 48.5 Å². The number of benzene rings is 2. The Labute approximate surface area is 158 Å². The molecule has 0 bridgehead atoms. The number of nitrogens with zero attached hydrogens (tertiary/aromatic N) is 1. The maximum atomic E-state index is 13.0. The van der Waals surface area contributed by atoms with Gasteiger partial charge in [0.1, 0.15) is 0 Å². The van der Waals surface area contributed by atoms with Crippen molar-refractivity contribution in [2.45, 2.75) is 6.18 Å². The molecule has 1 unspecified atom stereocenters. The highest BCUT2D eigenvalue weighted by Gasteiger charge is 2.37. The molecule has 0 aromatic heterocycles. The third-order valence-corrected chi connectivity index (χ3v) is 4.28. The van der Waals surface area contributed by atoms with E-state index >= 15 is 0 Å². The average Bonchev–Trinajstić information content (AvgIpc) is 2.86. The van der Waals surface area contributed by atoms with Crippen molar-refractivity contribution in [2.24, 2.45) is 0 Å². The quantitative estimate of drug-likeness (QED) is 0.756. The second kappa shape index (κ2) is 7.43. The van der Waals surface area contributed by atoms with E-state index in [9.17, 15) is 27.6 Å². The van der Waals surface area contributed by atoms with E-state index in [1.807, 2.05) is 0 Å². The summed E-state index contributed by atoms with van der Waals surface area (Å²) in [7, 11) is 1.57. The molecule has 1 aliphatic rings. The van der Waals surface area contributed by atoms with Crippen LogP contribution >= 0.6 is 0 Å². The minimum absolute atomic E-state index is 0.0827. The van der Waals surface area contributed by atoms with E-state index in [0.717, 1.165) is 11.0 Å². The zero-order valence-electron chi connectivity index (χ0n) is 14.8. The summed E-state index contributed by atoms with van der Waals surface area (Å²) in [5.74, 6) is -1.57. The Morgan fingerprint density at radius 1 is 1.00 bits per heavy atom. The van der Waals surface area contributed by atoms with Gasteiger partial charge >= 0.3 is 6.18 Å². The first kappa shape index (κ1) is 19.6. The Kier molecular flexibility index (Phi) is 5.19. The molecule has 0 fully saturated rings. The molecule has 3 rings (SSSR count). The molecule has 1 aliphatic heterocycles. The van der Waals surface area contributed by atoms with E-state index in [1.165, 1.54) is 18.2 Å². The van der Waals surface area contributed by atoms with Crippen LogP contribution in [0.25, 0.3) is 0 Å². The second-order valence-electron chi connectivity index (χ2n) is 6.47. The van der Waals surface area contributed by atoms with Crippen LogP contribution in [-0.4, -0.2) is 42.9 Å². The predicted octanol–water partition coefficient (Wildman–Crippen LogP) is 1.41. The number of anilines is 1. The number of para-hydroxylation sites is 1. The number of quaternary nitrogens is 1. The van der Waals surface area contributed by atoms with E-state index < -0.39 is 29.5 Å². The van der Waals surface area contributed by atoms with Crippen molar-refractivity contribution < 1.29 is 32.5 Å². The number of hydrogen-bond donors (Lipinski definition) is 2. The van der Waals surface area contributed by atoms with Gasteiger partial charge in [0.15, 0.2) is 13.2 Å². The van der Waals surface area contributed by atoms with Crippen LogP contribution in [0, 0.1) is 0 Å². The molecule has 0 radical (unpaired) electrons. The number of carbonyl (C=O) groups excluding carboxylic acids is 3. The molecule has 6 nitrogen and oxygen atoms in total. The summed E-state index contributed by atoms with van der Waals surface area (Å²) in [4.78, 5) is 38.3. The molecule has 3 amide bonds. The maximum absolute atomic E-state index is 13.0. The molecule has 0 saturated heterocycles. The summed E-state index contributed by atoms with van der Waals surface area (Å²) in [6, 6.07) is 11.1. The first-order chi connectivity index (χ1) is 13.2. The highest BCUT2D eigenvalue weighted by molar-refractivity contribution is 6.21. The molecular weight excluding hydrogens is 375 g/mol. The lowest BCUT2D eigenvalue weighted by Crippen LogP contribution is -3.11. The topological polar surface area (TPSA) is 70.9 Å². The van der Waals surface area contributed by atoms with Gasteiger partial charge in [-0.1, -0.05) is 24.3 Å². The van der Waals surface area contributed by atoms with Crippen LogP contribution in [0.2, 0.25) is 0 Å². The highest BCUT2D eigenvalue weighted by Crippen LogP contribution is 2.34. The molecule has 0 saturated carbocycles. The van der Waals surface area contributed by atoms with Crippen LogP contribution in [0.4, 0.5) is 18.9 Å². The summed E-state index contributed by atoms with van der Waals surface area (Å²) in [6.07, 6.45) is -4.59. The molecular formula is C19H17F3N3O3+. The minimum atomic E-state index is -4.59. The minimum Gasteiger partial charge on any atom is -0.321 e. The number of amides is 3. The standard InChI is InChI=1S/C19H16F3N3O3/c1-24(11-25-17(27)12-6-2-3-7-13(12)18(25)28)10-16(26)23-15-9-5-4-8-14(15)19(20,21)22/h2-9H,10-11H2,1H3,(H,23,26)/p+1. The van der Waals surface area contributed by atoms with E-state index in [0.29, 0.717) is 16.0 Å². The molecule has 2 aromatic rings. The second-order valence-corrected chi connectivity index (χ2v) is 6.47. The first-order valence-corrected chi connectivity index (χ1v) is 8.41. The number of halogens is 3. The summed E-state index contributed by atoms with van der Waals surface area (Å²) < 4.78 is 39.0. The third-order valence-electron chi connectivity index (χ3n) is 4.28. The van der Waals surface area contributed by atoms with Gasteiger partial charge in [-0.3, -0.25) is 14.4 Å². The molecule has 0 aliphatic carbocycles. The number of nitrogens with one attached hydrogen (secondary N) is 2. The normalized spacial score (nSPS) is 14.8. The summed E-state index contributed by atoms with van der Waals surface area (Å²) >= 11 is 0. The number of fused-ring (bicyclic) bond motifs is 1. The largest absolute Gasteiger partial charge is 0.418 e. The summed E-state index contributed by atoms with van der Waals surface area (Å²) in [5.41, 5.74) is -0.692. The number of imide groups is 1. The van der Waals surface area contributed by atoms with Crippen molar-refractivity contribution in [3.63, 3.8) is 0 Å². The molecule has 9 heteroatoms. The van der Waals surface area contributed by atoms with Crippen LogP contribution in [0.5, 0.6) is 0 Å². The van der Waals surface area contributed by atoms with Gasteiger partial charge in [-0.2, -0.15) is 13.2 Å². The molecule has 2 N–H and O–H groups in total. The Morgan fingerprint density at radius 3 is 2.11 bits per heavy atom.